The van der Waals surface area contributed by atoms with Crippen molar-refractivity contribution in [3.63, 3.8) is 0 Å². The third-order valence-electron chi connectivity index (χ3n) is 1.21. The fourth-order valence-corrected chi connectivity index (χ4v) is 3.14. The predicted molar refractivity (Wildman–Crippen MR) is 52.2 cm³/mol. The maximum Gasteiger partial charge on any atom is 0.305 e. The number of hydrogen-bond acceptors (Lipinski definition) is 1. The number of hydrogen-bond donors (Lipinski definition) is 1. The molecule has 68 valence electrons. The van der Waals surface area contributed by atoms with Crippen LogP contribution in [0.15, 0.2) is 0 Å². The van der Waals surface area contributed by atoms with Gasteiger partial charge < -0.3 is 5.11 Å². The molecule has 0 bridgehead atoms. The number of carboxylic acids is 1. The lowest BCUT2D eigenvalue weighted by Gasteiger charge is -2.14. The lowest BCUT2D eigenvalue weighted by molar-refractivity contribution is -0.140. The van der Waals surface area contributed by atoms with E-state index in [4.69, 9.17) is 16.2 Å². The van der Waals surface area contributed by atoms with Crippen molar-refractivity contribution < 1.29 is 9.90 Å². The van der Waals surface area contributed by atoms with Gasteiger partial charge in [0.25, 0.3) is 0 Å². The van der Waals surface area contributed by atoms with E-state index in [0.29, 0.717) is 6.04 Å². The van der Waals surface area contributed by atoms with Crippen LogP contribution in [0, 0.1) is 5.92 Å². The Morgan fingerprint density at radius 3 is 2.09 bits per heavy atom. The Morgan fingerprint density at radius 2 is 2.00 bits per heavy atom. The number of rotatable bonds is 3. The molecule has 0 aliphatic rings. The summed E-state index contributed by atoms with van der Waals surface area (Å²) in [4.78, 5) is 10.3. The average molecular weight is 217 g/mol. The molecule has 0 rings (SSSR count). The summed E-state index contributed by atoms with van der Waals surface area (Å²) in [6.07, 6.45) is 0. The van der Waals surface area contributed by atoms with Crippen molar-refractivity contribution in [1.29, 1.82) is 0 Å². The first-order valence-electron chi connectivity index (χ1n) is 3.24. The molecule has 0 radical (unpaired) electrons. The van der Waals surface area contributed by atoms with Gasteiger partial charge in [0.2, 0.25) is 0 Å². The molecular formula is C6H14Cl2O2Si. The molecule has 0 aromatic rings. The highest BCUT2D eigenvalue weighted by atomic mass is 35.6. The number of carbonyl (C=O) groups is 1. The summed E-state index contributed by atoms with van der Waals surface area (Å²) >= 11 is 5.95. The van der Waals surface area contributed by atoms with Gasteiger partial charge in [-0.3, -0.25) is 4.79 Å². The fourth-order valence-electron chi connectivity index (χ4n) is 0.815. The van der Waals surface area contributed by atoms with Crippen molar-refractivity contribution in [2.45, 2.75) is 26.1 Å². The smallest absolute Gasteiger partial charge is 0.305 e. The van der Waals surface area contributed by atoms with Gasteiger partial charge in [-0.15, -0.1) is 12.4 Å². The third-order valence-corrected chi connectivity index (χ3v) is 3.26. The van der Waals surface area contributed by atoms with E-state index in [1.54, 1.807) is 6.92 Å². The summed E-state index contributed by atoms with van der Waals surface area (Å²) in [5.41, 5.74) is 0. The van der Waals surface area contributed by atoms with Crippen LogP contribution < -0.4 is 0 Å². The largest absolute Gasteiger partial charge is 0.481 e. The van der Waals surface area contributed by atoms with Crippen molar-refractivity contribution in [3.8, 4) is 0 Å². The molecule has 5 heteroatoms. The second-order valence-electron chi connectivity index (χ2n) is 3.16. The van der Waals surface area contributed by atoms with Gasteiger partial charge in [-0.25, -0.2) is 0 Å². The molecule has 1 unspecified atom stereocenters. The first-order valence-corrected chi connectivity index (χ1v) is 7.46. The highest BCUT2D eigenvalue weighted by Gasteiger charge is 2.24. The second kappa shape index (κ2) is 5.01. The Kier molecular flexibility index (Phi) is 6.30. The molecule has 0 amide bonds. The Bertz CT molecular complexity index is 133. The molecule has 0 aliphatic carbocycles. The topological polar surface area (TPSA) is 37.3 Å². The molecule has 0 fully saturated rings. The Labute approximate surface area is 79.1 Å². The van der Waals surface area contributed by atoms with Crippen LogP contribution in [0.1, 0.15) is 6.92 Å². The van der Waals surface area contributed by atoms with Crippen molar-refractivity contribution in [2.24, 2.45) is 5.92 Å². The van der Waals surface area contributed by atoms with Crippen LogP contribution in [0.3, 0.4) is 0 Å². The highest BCUT2D eigenvalue weighted by molar-refractivity contribution is 7.19. The lowest BCUT2D eigenvalue weighted by atomic mass is 10.2. The highest BCUT2D eigenvalue weighted by Crippen LogP contribution is 2.20. The zero-order chi connectivity index (χ0) is 8.36. The van der Waals surface area contributed by atoms with Crippen LogP contribution in [0.2, 0.25) is 19.1 Å². The van der Waals surface area contributed by atoms with Gasteiger partial charge in [-0.1, -0.05) is 20.0 Å². The van der Waals surface area contributed by atoms with Crippen molar-refractivity contribution in [2.75, 3.05) is 0 Å². The van der Waals surface area contributed by atoms with Crippen LogP contribution in [0.4, 0.5) is 0 Å². The third kappa shape index (κ3) is 8.17. The Morgan fingerprint density at radius 1 is 1.64 bits per heavy atom. The quantitative estimate of drug-likeness (QED) is 0.582. The zero-order valence-electron chi connectivity index (χ0n) is 6.93. The molecule has 0 aromatic carbocycles. The normalized spacial score (nSPS) is 13.5. The van der Waals surface area contributed by atoms with E-state index in [0.717, 1.165) is 0 Å². The molecule has 1 N–H and O–H groups in total. The fraction of sp³-hybridized carbons (Fsp3) is 0.833. The Hall–Kier alpha value is 0.267. The summed E-state index contributed by atoms with van der Waals surface area (Å²) in [6, 6.07) is 0.643. The van der Waals surface area contributed by atoms with Crippen molar-refractivity contribution >= 4 is 36.8 Å². The zero-order valence-corrected chi connectivity index (χ0v) is 9.50. The lowest BCUT2D eigenvalue weighted by Crippen LogP contribution is -2.23. The van der Waals surface area contributed by atoms with Crippen LogP contribution >= 0.6 is 23.5 Å². The number of carboxylic acid groups (broad SMARTS) is 1. The van der Waals surface area contributed by atoms with Crippen LogP contribution in [0.5, 0.6) is 0 Å². The van der Waals surface area contributed by atoms with Gasteiger partial charge in [0.05, 0.1) is 5.92 Å². The number of halogens is 2. The maximum absolute atomic E-state index is 10.3. The summed E-state index contributed by atoms with van der Waals surface area (Å²) in [5, 5.41) is 8.51. The standard InChI is InChI=1S/C6H13ClO2Si.ClH/c1-5(6(8)9)4-10(2,3)7;/h5H,4H2,1-3H3,(H,8,9);1H. The van der Waals surface area contributed by atoms with E-state index in [1.165, 1.54) is 0 Å². The molecule has 0 spiro atoms. The number of aliphatic carboxylic acids is 1. The summed E-state index contributed by atoms with van der Waals surface area (Å²) in [5.74, 6) is -1.04. The van der Waals surface area contributed by atoms with Gasteiger partial charge in [0, 0.05) is 0 Å². The van der Waals surface area contributed by atoms with Gasteiger partial charge in [-0.05, 0) is 6.04 Å². The van der Waals surface area contributed by atoms with Crippen LogP contribution in [-0.4, -0.2) is 18.5 Å². The summed E-state index contributed by atoms with van der Waals surface area (Å²) < 4.78 is 0. The first kappa shape index (κ1) is 13.8. The average Bonchev–Trinajstić information content (AvgIpc) is 1.60. The summed E-state index contributed by atoms with van der Waals surface area (Å²) in [6.45, 7) is 5.60. The van der Waals surface area contributed by atoms with Gasteiger partial charge >= 0.3 is 5.97 Å². The Balaban J connectivity index is 0. The van der Waals surface area contributed by atoms with E-state index in [2.05, 4.69) is 0 Å². The minimum absolute atomic E-state index is 0. The minimum Gasteiger partial charge on any atom is -0.481 e. The van der Waals surface area contributed by atoms with Crippen LogP contribution in [0.25, 0.3) is 0 Å². The molecule has 2 nitrogen and oxygen atoms in total. The molecule has 1 atom stereocenters. The molecule has 0 aliphatic heterocycles. The van der Waals surface area contributed by atoms with E-state index in [-0.39, 0.29) is 18.3 Å². The maximum atomic E-state index is 10.3. The summed E-state index contributed by atoms with van der Waals surface area (Å²) in [7, 11) is -1.69. The molecule has 11 heavy (non-hydrogen) atoms. The molecule has 0 saturated heterocycles. The van der Waals surface area contributed by atoms with Gasteiger partial charge in [0.15, 0.2) is 7.38 Å². The van der Waals surface area contributed by atoms with Crippen molar-refractivity contribution in [1.82, 2.24) is 0 Å². The molecule has 0 aromatic heterocycles. The predicted octanol–water partition coefficient (Wildman–Crippen LogP) is 2.57. The van der Waals surface area contributed by atoms with E-state index in [1.807, 2.05) is 13.1 Å². The van der Waals surface area contributed by atoms with E-state index in [9.17, 15) is 4.79 Å². The van der Waals surface area contributed by atoms with Crippen LogP contribution in [-0.2, 0) is 4.79 Å². The van der Waals surface area contributed by atoms with Gasteiger partial charge in [0.1, 0.15) is 0 Å². The van der Waals surface area contributed by atoms with E-state index < -0.39 is 13.4 Å². The van der Waals surface area contributed by atoms with Crippen molar-refractivity contribution in [3.05, 3.63) is 0 Å². The van der Waals surface area contributed by atoms with E-state index >= 15 is 0 Å². The first-order chi connectivity index (χ1) is 4.33. The minimum atomic E-state index is -1.69. The van der Waals surface area contributed by atoms with Gasteiger partial charge in [-0.2, -0.15) is 11.1 Å². The SMILES string of the molecule is CC(C[Si](C)(C)Cl)C(=O)O.Cl. The molecular weight excluding hydrogens is 203 g/mol. The monoisotopic (exact) mass is 216 g/mol. The molecule has 0 heterocycles. The molecule has 0 saturated carbocycles. The second-order valence-corrected chi connectivity index (χ2v) is 10.1.